The molecule has 78 heavy (non-hydrogen) atoms. The number of ether oxygens (including phenoxy) is 3. The van der Waals surface area contributed by atoms with Crippen molar-refractivity contribution in [2.24, 2.45) is 0 Å². The van der Waals surface area contributed by atoms with E-state index in [0.717, 1.165) is 122 Å². The zero-order valence-corrected chi connectivity index (χ0v) is 48.7. The Kier molecular flexibility index (Phi) is 49.2. The summed E-state index contributed by atoms with van der Waals surface area (Å²) < 4.78 is 17.6. The quantitative estimate of drug-likeness (QED) is 0.0149. The molecule has 8 unspecified atom stereocenters. The molecule has 1 aliphatic heterocycles. The third kappa shape index (κ3) is 40.9. The van der Waals surface area contributed by atoms with Crippen molar-refractivity contribution in [3.63, 3.8) is 0 Å². The SMILES string of the molecule is CC/C=C\C/C=C\C/C=C\C/C=C\C/C=C\C/C=C\CCCCCCC(=O)OC1C(OCC(NC(=O)C(O)CCCCCC\C=C/C=C/C=C/C=C/CC)C(O)/C=C/CCCCCCCCCCCC)OC(CO)C(O)C1O. The molecule has 0 saturated carbocycles. The number of allylic oxidation sites excluding steroid dienone is 21. The van der Waals surface area contributed by atoms with Crippen molar-refractivity contribution in [1.29, 1.82) is 0 Å². The van der Waals surface area contributed by atoms with Crippen LogP contribution < -0.4 is 5.32 Å². The first-order chi connectivity index (χ1) is 38.2. The number of rotatable bonds is 49. The van der Waals surface area contributed by atoms with E-state index in [2.05, 4.69) is 111 Å². The van der Waals surface area contributed by atoms with Gasteiger partial charge in [-0.2, -0.15) is 0 Å². The fourth-order valence-electron chi connectivity index (χ4n) is 8.60. The van der Waals surface area contributed by atoms with Gasteiger partial charge in [0.15, 0.2) is 12.4 Å². The summed E-state index contributed by atoms with van der Waals surface area (Å²) in [5.41, 5.74) is 0. The minimum absolute atomic E-state index is 0.0821. The monoisotopic (exact) mass is 1090 g/mol. The van der Waals surface area contributed by atoms with Gasteiger partial charge in [0.25, 0.3) is 0 Å². The number of hydrogen-bond acceptors (Lipinski definition) is 10. The van der Waals surface area contributed by atoms with Crippen molar-refractivity contribution in [3.8, 4) is 0 Å². The summed E-state index contributed by atoms with van der Waals surface area (Å²) in [5, 5.41) is 56.9. The predicted octanol–water partition coefficient (Wildman–Crippen LogP) is 14.4. The lowest BCUT2D eigenvalue weighted by Gasteiger charge is -2.41. The first-order valence-corrected chi connectivity index (χ1v) is 30.5. The third-order valence-corrected chi connectivity index (χ3v) is 13.4. The van der Waals surface area contributed by atoms with Crippen LogP contribution in [0, 0.1) is 0 Å². The molecule has 11 nitrogen and oxygen atoms in total. The second-order valence-electron chi connectivity index (χ2n) is 20.4. The van der Waals surface area contributed by atoms with Crippen LogP contribution in [-0.2, 0) is 23.8 Å². The average Bonchev–Trinajstić information content (AvgIpc) is 3.45. The van der Waals surface area contributed by atoms with Gasteiger partial charge in [0.1, 0.15) is 24.4 Å². The fraction of sp³-hybridized carbons (Fsp3) is 0.642. The van der Waals surface area contributed by atoms with Crippen LogP contribution in [-0.4, -0.2) is 99.6 Å². The van der Waals surface area contributed by atoms with E-state index >= 15 is 0 Å². The van der Waals surface area contributed by atoms with E-state index < -0.39 is 67.4 Å². The molecular weight excluding hydrogens is 979 g/mol. The molecule has 6 N–H and O–H groups in total. The van der Waals surface area contributed by atoms with Gasteiger partial charge < -0.3 is 45.1 Å². The van der Waals surface area contributed by atoms with Gasteiger partial charge in [-0.05, 0) is 96.3 Å². The molecule has 0 aromatic carbocycles. The van der Waals surface area contributed by atoms with Crippen LogP contribution in [0.2, 0.25) is 0 Å². The lowest BCUT2D eigenvalue weighted by molar-refractivity contribution is -0.305. The van der Waals surface area contributed by atoms with Crippen LogP contribution >= 0.6 is 0 Å². The standard InChI is InChI=1S/C67H109NO10/c1-4-7-10-13-16-19-22-25-27-28-29-30-31-32-33-34-35-37-40-43-46-49-52-55-62(72)78-65-64(74)63(73)61(56-69)77-67(65)76-57-58(59(70)53-50-47-44-41-38-24-21-18-15-12-9-6-3)68-66(75)60(71)54-51-48-45-42-39-36-26-23-20-17-14-11-8-5-2/h7-8,10-11,14,16-17,19-20,23,25-27,29-30,32-33,35-37,50,53,58-61,63-65,67,69-71,73-74H,4-6,9,12-13,15,18,21-22,24,28,31,34,38-49,51-52,54-57H2,1-3H3,(H,68,75)/b10-7-,11-8+,17-14+,19-16-,23-20+,27-25-,30-29-,33-32-,36-26-,37-35-,53-50+. The summed E-state index contributed by atoms with van der Waals surface area (Å²) in [6, 6.07) is -1.05. The van der Waals surface area contributed by atoms with Crippen molar-refractivity contribution >= 4 is 11.9 Å². The highest BCUT2D eigenvalue weighted by atomic mass is 16.7. The summed E-state index contributed by atoms with van der Waals surface area (Å²) >= 11 is 0. The molecule has 1 heterocycles. The molecule has 1 saturated heterocycles. The highest BCUT2D eigenvalue weighted by molar-refractivity contribution is 5.80. The molecule has 442 valence electrons. The molecule has 1 aliphatic rings. The van der Waals surface area contributed by atoms with Crippen molar-refractivity contribution in [2.75, 3.05) is 13.2 Å². The van der Waals surface area contributed by atoms with Gasteiger partial charge in [-0.15, -0.1) is 0 Å². The first kappa shape index (κ1) is 71.8. The van der Waals surface area contributed by atoms with Gasteiger partial charge in [-0.1, -0.05) is 244 Å². The Bertz CT molecular complexity index is 1770. The zero-order chi connectivity index (χ0) is 56.8. The lowest BCUT2D eigenvalue weighted by atomic mass is 9.99. The number of aliphatic hydroxyl groups is 5. The molecule has 0 aromatic heterocycles. The average molecular weight is 1090 g/mol. The highest BCUT2D eigenvalue weighted by Crippen LogP contribution is 2.26. The smallest absolute Gasteiger partial charge is 0.306 e. The number of unbranched alkanes of at least 4 members (excludes halogenated alkanes) is 18. The number of amides is 1. The van der Waals surface area contributed by atoms with Crippen molar-refractivity contribution in [1.82, 2.24) is 5.32 Å². The highest BCUT2D eigenvalue weighted by Gasteiger charge is 2.47. The second-order valence-corrected chi connectivity index (χ2v) is 20.4. The Morgan fingerprint density at radius 3 is 1.54 bits per heavy atom. The molecule has 0 aromatic rings. The Balaban J connectivity index is 2.71. The van der Waals surface area contributed by atoms with Gasteiger partial charge in [-0.25, -0.2) is 0 Å². The van der Waals surface area contributed by atoms with Crippen molar-refractivity contribution in [2.45, 2.75) is 262 Å². The van der Waals surface area contributed by atoms with E-state index in [9.17, 15) is 35.1 Å². The largest absolute Gasteiger partial charge is 0.454 e. The minimum Gasteiger partial charge on any atom is -0.454 e. The number of esters is 1. The minimum atomic E-state index is -1.64. The first-order valence-electron chi connectivity index (χ1n) is 30.5. The maximum atomic E-state index is 13.4. The van der Waals surface area contributed by atoms with Crippen molar-refractivity contribution in [3.05, 3.63) is 134 Å². The molecule has 0 radical (unpaired) electrons. The van der Waals surface area contributed by atoms with E-state index in [4.69, 9.17) is 14.2 Å². The summed E-state index contributed by atoms with van der Waals surface area (Å²) in [7, 11) is 0. The number of carbonyl (C=O) groups excluding carboxylic acids is 2. The Labute approximate surface area is 473 Å². The van der Waals surface area contributed by atoms with E-state index in [1.54, 1.807) is 6.08 Å². The molecule has 1 amide bonds. The summed E-state index contributed by atoms with van der Waals surface area (Å²) in [4.78, 5) is 26.5. The van der Waals surface area contributed by atoms with Gasteiger partial charge >= 0.3 is 5.97 Å². The summed E-state index contributed by atoms with van der Waals surface area (Å²) in [6.45, 7) is 5.48. The Morgan fingerprint density at radius 1 is 0.526 bits per heavy atom. The Morgan fingerprint density at radius 2 is 0.987 bits per heavy atom. The van der Waals surface area contributed by atoms with E-state index in [0.29, 0.717) is 12.8 Å². The van der Waals surface area contributed by atoms with E-state index in [1.165, 1.54) is 44.9 Å². The molecule has 0 bridgehead atoms. The van der Waals surface area contributed by atoms with E-state index in [1.807, 2.05) is 42.5 Å². The van der Waals surface area contributed by atoms with Crippen LogP contribution in [0.15, 0.2) is 134 Å². The topological polar surface area (TPSA) is 175 Å². The van der Waals surface area contributed by atoms with Crippen LogP contribution in [0.3, 0.4) is 0 Å². The number of hydrogen-bond donors (Lipinski definition) is 6. The fourth-order valence-corrected chi connectivity index (χ4v) is 8.60. The Hall–Kier alpha value is -4.20. The van der Waals surface area contributed by atoms with Crippen LogP contribution in [0.25, 0.3) is 0 Å². The van der Waals surface area contributed by atoms with Gasteiger partial charge in [0.2, 0.25) is 5.91 Å². The molecule has 1 rings (SSSR count). The normalized spacial score (nSPS) is 19.9. The summed E-state index contributed by atoms with van der Waals surface area (Å²) in [6.07, 6.45) is 64.8. The maximum absolute atomic E-state index is 13.4. The predicted molar refractivity (Wildman–Crippen MR) is 324 cm³/mol. The number of carbonyl (C=O) groups is 2. The maximum Gasteiger partial charge on any atom is 0.306 e. The zero-order valence-electron chi connectivity index (χ0n) is 48.7. The molecule has 11 heteroatoms. The van der Waals surface area contributed by atoms with Crippen LogP contribution in [0.4, 0.5) is 0 Å². The lowest BCUT2D eigenvalue weighted by Crippen LogP contribution is -2.61. The van der Waals surface area contributed by atoms with Gasteiger partial charge in [0.05, 0.1) is 25.4 Å². The molecule has 1 fully saturated rings. The molecule has 0 aliphatic carbocycles. The van der Waals surface area contributed by atoms with Crippen LogP contribution in [0.1, 0.15) is 213 Å². The van der Waals surface area contributed by atoms with Crippen molar-refractivity contribution < 1.29 is 49.3 Å². The van der Waals surface area contributed by atoms with Gasteiger partial charge in [0, 0.05) is 6.42 Å². The van der Waals surface area contributed by atoms with E-state index in [-0.39, 0.29) is 19.4 Å². The summed E-state index contributed by atoms with van der Waals surface area (Å²) in [5.74, 6) is -1.26. The van der Waals surface area contributed by atoms with Crippen LogP contribution in [0.5, 0.6) is 0 Å². The molecule has 8 atom stereocenters. The second kappa shape index (κ2) is 53.4. The third-order valence-electron chi connectivity index (χ3n) is 13.4. The molecular formula is C67H109NO10. The number of nitrogens with one attached hydrogen (secondary N) is 1. The van der Waals surface area contributed by atoms with Gasteiger partial charge in [-0.3, -0.25) is 9.59 Å². The molecule has 0 spiro atoms. The number of aliphatic hydroxyl groups excluding tert-OH is 5.